The van der Waals surface area contributed by atoms with Gasteiger partial charge in [-0.1, -0.05) is 0 Å². The molecule has 0 atom stereocenters. The van der Waals surface area contributed by atoms with Gasteiger partial charge in [0.05, 0.1) is 11.5 Å². The molecule has 0 aliphatic heterocycles. The summed E-state index contributed by atoms with van der Waals surface area (Å²) in [7, 11) is -2.22. The summed E-state index contributed by atoms with van der Waals surface area (Å²) in [5.74, 6) is -0.596. The monoisotopic (exact) mass is 287 g/mol. The van der Waals surface area contributed by atoms with Crippen molar-refractivity contribution in [2.45, 2.75) is 4.90 Å². The highest BCUT2D eigenvalue weighted by atomic mass is 32.2. The number of amides is 1. The summed E-state index contributed by atoms with van der Waals surface area (Å²) in [5, 5.41) is 10.8. The van der Waals surface area contributed by atoms with Gasteiger partial charge >= 0.3 is 0 Å². The molecule has 8 nitrogen and oxygen atoms in total. The van der Waals surface area contributed by atoms with Crippen LogP contribution in [0.5, 0.6) is 0 Å². The number of nitro groups is 1. The van der Waals surface area contributed by atoms with Crippen molar-refractivity contribution in [2.24, 2.45) is 5.73 Å². The first-order valence-corrected chi connectivity index (χ1v) is 7.00. The molecule has 19 heavy (non-hydrogen) atoms. The maximum absolute atomic E-state index is 11.5. The number of benzene rings is 1. The van der Waals surface area contributed by atoms with Gasteiger partial charge in [-0.05, 0) is 12.1 Å². The molecule has 9 heteroatoms. The first kappa shape index (κ1) is 14.9. The van der Waals surface area contributed by atoms with Crippen LogP contribution in [0.3, 0.4) is 0 Å². The smallest absolute Gasteiger partial charge is 0.288 e. The Morgan fingerprint density at radius 3 is 2.47 bits per heavy atom. The topological polar surface area (TPSA) is 124 Å². The number of sulfone groups is 1. The maximum Gasteiger partial charge on any atom is 0.288 e. The standard InChI is InChI=1S/C10H13N3O5S/c1-12(6-10(11)14)7-3-4-8(13(15)16)9(5-7)19(2,17)18/h3-5H,6H2,1-2H3,(H2,11,14). The molecule has 0 aromatic heterocycles. The molecule has 0 saturated carbocycles. The van der Waals surface area contributed by atoms with Crippen LogP contribution in [0.15, 0.2) is 23.1 Å². The van der Waals surface area contributed by atoms with Crippen LogP contribution in [-0.2, 0) is 14.6 Å². The van der Waals surface area contributed by atoms with Crippen molar-refractivity contribution in [1.29, 1.82) is 0 Å². The average molecular weight is 287 g/mol. The number of hydrogen-bond donors (Lipinski definition) is 1. The minimum Gasteiger partial charge on any atom is -0.368 e. The number of carbonyl (C=O) groups excluding carboxylic acids is 1. The first-order chi connectivity index (χ1) is 8.62. The van der Waals surface area contributed by atoms with Crippen molar-refractivity contribution in [3.63, 3.8) is 0 Å². The van der Waals surface area contributed by atoms with E-state index in [0.717, 1.165) is 18.4 Å². The quantitative estimate of drug-likeness (QED) is 0.596. The number of likely N-dealkylation sites (N-methyl/N-ethyl adjacent to an activating group) is 1. The van der Waals surface area contributed by atoms with Crippen molar-refractivity contribution in [2.75, 3.05) is 24.7 Å². The van der Waals surface area contributed by atoms with Crippen LogP contribution in [-0.4, -0.2) is 39.1 Å². The number of rotatable bonds is 5. The molecule has 2 N–H and O–H groups in total. The average Bonchev–Trinajstić information content (AvgIpc) is 2.25. The van der Waals surface area contributed by atoms with Crippen LogP contribution in [0, 0.1) is 10.1 Å². The van der Waals surface area contributed by atoms with Crippen molar-refractivity contribution in [1.82, 2.24) is 0 Å². The Hall–Kier alpha value is -2.16. The third-order valence-corrected chi connectivity index (χ3v) is 3.50. The lowest BCUT2D eigenvalue weighted by Gasteiger charge is -2.17. The predicted molar refractivity (Wildman–Crippen MR) is 68.7 cm³/mol. The molecule has 0 bridgehead atoms. The lowest BCUT2D eigenvalue weighted by Crippen LogP contribution is -2.30. The van der Waals surface area contributed by atoms with Crippen molar-refractivity contribution in [3.05, 3.63) is 28.3 Å². The van der Waals surface area contributed by atoms with Gasteiger partial charge in [-0.15, -0.1) is 0 Å². The molecular formula is C10H13N3O5S. The SMILES string of the molecule is CN(CC(N)=O)c1ccc([N+](=O)[O-])c(S(C)(=O)=O)c1. The van der Waals surface area contributed by atoms with E-state index in [0.29, 0.717) is 5.69 Å². The first-order valence-electron chi connectivity index (χ1n) is 5.11. The highest BCUT2D eigenvalue weighted by molar-refractivity contribution is 7.90. The Morgan fingerprint density at radius 1 is 1.47 bits per heavy atom. The van der Waals surface area contributed by atoms with Crippen molar-refractivity contribution < 1.29 is 18.1 Å². The predicted octanol–water partition coefficient (Wildman–Crippen LogP) is -0.0802. The zero-order valence-corrected chi connectivity index (χ0v) is 11.2. The molecule has 0 aliphatic carbocycles. The number of nitro benzene ring substituents is 1. The summed E-state index contributed by atoms with van der Waals surface area (Å²) in [5.41, 5.74) is 4.88. The molecule has 0 heterocycles. The summed E-state index contributed by atoms with van der Waals surface area (Å²) >= 11 is 0. The zero-order valence-electron chi connectivity index (χ0n) is 10.4. The number of anilines is 1. The van der Waals surface area contributed by atoms with Gasteiger partial charge < -0.3 is 10.6 Å². The summed E-state index contributed by atoms with van der Waals surface area (Å²) in [6, 6.07) is 3.59. The van der Waals surface area contributed by atoms with Gasteiger partial charge in [0, 0.05) is 25.1 Å². The minimum atomic E-state index is -3.75. The maximum atomic E-state index is 11.5. The number of primary amides is 1. The molecule has 0 spiro atoms. The molecule has 0 unspecified atom stereocenters. The fraction of sp³-hybridized carbons (Fsp3) is 0.300. The van der Waals surface area contributed by atoms with E-state index >= 15 is 0 Å². The molecular weight excluding hydrogens is 274 g/mol. The summed E-state index contributed by atoms with van der Waals surface area (Å²) in [6.07, 6.45) is 0.882. The summed E-state index contributed by atoms with van der Waals surface area (Å²) in [6.45, 7) is -0.124. The van der Waals surface area contributed by atoms with Crippen molar-refractivity contribution in [3.8, 4) is 0 Å². The fourth-order valence-electron chi connectivity index (χ4n) is 1.51. The molecule has 104 valence electrons. The van der Waals surface area contributed by atoms with E-state index in [9.17, 15) is 23.3 Å². The van der Waals surface area contributed by atoms with Gasteiger partial charge in [-0.3, -0.25) is 14.9 Å². The molecule has 0 fully saturated rings. The van der Waals surface area contributed by atoms with Crippen LogP contribution >= 0.6 is 0 Å². The highest BCUT2D eigenvalue weighted by Crippen LogP contribution is 2.28. The van der Waals surface area contributed by atoms with Crippen LogP contribution in [0.1, 0.15) is 0 Å². The van der Waals surface area contributed by atoms with Gasteiger partial charge in [0.15, 0.2) is 9.84 Å². The van der Waals surface area contributed by atoms with E-state index in [2.05, 4.69) is 0 Å². The van der Waals surface area contributed by atoms with E-state index in [1.807, 2.05) is 0 Å². The van der Waals surface area contributed by atoms with Gasteiger partial charge in [0.1, 0.15) is 4.90 Å². The Kier molecular flexibility index (Phi) is 4.10. The molecule has 1 aromatic carbocycles. The summed E-state index contributed by atoms with van der Waals surface area (Å²) in [4.78, 5) is 21.8. The van der Waals surface area contributed by atoms with E-state index in [1.165, 1.54) is 18.0 Å². The lowest BCUT2D eigenvalue weighted by atomic mass is 10.2. The molecule has 1 rings (SSSR count). The molecule has 1 aromatic rings. The Morgan fingerprint density at radius 2 is 2.05 bits per heavy atom. The van der Waals surface area contributed by atoms with Crippen LogP contribution in [0.4, 0.5) is 11.4 Å². The highest BCUT2D eigenvalue weighted by Gasteiger charge is 2.23. The van der Waals surface area contributed by atoms with E-state index in [-0.39, 0.29) is 6.54 Å². The minimum absolute atomic E-state index is 0.124. The second-order valence-electron chi connectivity index (χ2n) is 4.00. The van der Waals surface area contributed by atoms with Crippen LogP contribution < -0.4 is 10.6 Å². The number of carbonyl (C=O) groups is 1. The van der Waals surface area contributed by atoms with Gasteiger partial charge in [0.25, 0.3) is 5.69 Å². The third kappa shape index (κ3) is 3.65. The largest absolute Gasteiger partial charge is 0.368 e. The van der Waals surface area contributed by atoms with Crippen molar-refractivity contribution >= 4 is 27.1 Å². The van der Waals surface area contributed by atoms with Gasteiger partial charge in [0.2, 0.25) is 5.91 Å². The molecule has 0 radical (unpaired) electrons. The lowest BCUT2D eigenvalue weighted by molar-refractivity contribution is -0.387. The Balaban J connectivity index is 3.34. The van der Waals surface area contributed by atoms with Gasteiger partial charge in [-0.25, -0.2) is 8.42 Å². The zero-order chi connectivity index (χ0) is 14.8. The van der Waals surface area contributed by atoms with E-state index < -0.39 is 31.3 Å². The van der Waals surface area contributed by atoms with Gasteiger partial charge in [-0.2, -0.15) is 0 Å². The molecule has 0 aliphatic rings. The number of nitrogens with two attached hydrogens (primary N) is 1. The second-order valence-corrected chi connectivity index (χ2v) is 5.99. The number of nitrogens with zero attached hydrogens (tertiary/aromatic N) is 2. The van der Waals surface area contributed by atoms with E-state index in [4.69, 9.17) is 5.73 Å². The molecule has 1 amide bonds. The molecule has 0 saturated heterocycles. The number of hydrogen-bond acceptors (Lipinski definition) is 6. The summed E-state index contributed by atoms with van der Waals surface area (Å²) < 4.78 is 23.1. The fourth-order valence-corrected chi connectivity index (χ4v) is 2.37. The van der Waals surface area contributed by atoms with Crippen LogP contribution in [0.25, 0.3) is 0 Å². The second kappa shape index (κ2) is 5.22. The van der Waals surface area contributed by atoms with Crippen LogP contribution in [0.2, 0.25) is 0 Å². The third-order valence-electron chi connectivity index (χ3n) is 2.37. The Labute approximate surface area is 109 Å². The van der Waals surface area contributed by atoms with E-state index in [1.54, 1.807) is 0 Å². The Bertz CT molecular complexity index is 626. The normalized spacial score (nSPS) is 11.1.